The van der Waals surface area contributed by atoms with Crippen LogP contribution in [0, 0.1) is 18.5 Å². The Balaban J connectivity index is 2.70. The number of rotatable bonds is 1. The highest BCUT2D eigenvalue weighted by Gasteiger charge is 2.07. The highest BCUT2D eigenvalue weighted by Crippen LogP contribution is 2.21. The van der Waals surface area contributed by atoms with Crippen LogP contribution in [-0.4, -0.2) is 9.97 Å². The van der Waals surface area contributed by atoms with Gasteiger partial charge in [-0.25, -0.2) is 4.98 Å². The Bertz CT molecular complexity index is 499. The summed E-state index contributed by atoms with van der Waals surface area (Å²) in [4.78, 5) is 7.31. The summed E-state index contributed by atoms with van der Waals surface area (Å²) in [7, 11) is 0. The summed E-state index contributed by atoms with van der Waals surface area (Å²) in [6.45, 7) is 3.81. The molecule has 4 heteroatoms. The lowest BCUT2D eigenvalue weighted by molar-refractivity contribution is 0.579. The number of aryl methyl sites for hydroxylation is 1. The largest absolute Gasteiger partial charge is 0.463 e. The van der Waals surface area contributed by atoms with E-state index in [1.807, 2.05) is 26.0 Å². The molecule has 0 saturated carbocycles. The second-order valence-electron chi connectivity index (χ2n) is 3.10. The summed E-state index contributed by atoms with van der Waals surface area (Å²) >= 11 is 5.13. The molecule has 2 aromatic heterocycles. The molecule has 0 atom stereocenters. The SMILES string of the molecule is Cc1nc(=S)c(C)c(-c2ccco2)[nH]1. The lowest BCUT2D eigenvalue weighted by Crippen LogP contribution is -1.95. The maximum absolute atomic E-state index is 5.31. The van der Waals surface area contributed by atoms with E-state index in [-0.39, 0.29) is 0 Å². The summed E-state index contributed by atoms with van der Waals surface area (Å²) in [5.41, 5.74) is 1.85. The molecule has 3 nitrogen and oxygen atoms in total. The van der Waals surface area contributed by atoms with Gasteiger partial charge in [0.15, 0.2) is 0 Å². The monoisotopic (exact) mass is 206 g/mol. The predicted octanol–water partition coefficient (Wildman–Crippen LogP) is 3.02. The topological polar surface area (TPSA) is 41.8 Å². The molecule has 0 fully saturated rings. The fraction of sp³-hybridized carbons (Fsp3) is 0.200. The van der Waals surface area contributed by atoms with Crippen LogP contribution in [0.1, 0.15) is 11.4 Å². The van der Waals surface area contributed by atoms with Gasteiger partial charge in [-0.15, -0.1) is 0 Å². The van der Waals surface area contributed by atoms with Crippen molar-refractivity contribution in [1.82, 2.24) is 9.97 Å². The van der Waals surface area contributed by atoms with Gasteiger partial charge in [0.25, 0.3) is 0 Å². The summed E-state index contributed by atoms with van der Waals surface area (Å²) in [6.07, 6.45) is 1.64. The number of aromatic amines is 1. The summed E-state index contributed by atoms with van der Waals surface area (Å²) in [5, 5.41) is 0. The van der Waals surface area contributed by atoms with E-state index in [4.69, 9.17) is 16.6 Å². The van der Waals surface area contributed by atoms with Gasteiger partial charge in [-0.1, -0.05) is 12.2 Å². The van der Waals surface area contributed by atoms with Crippen LogP contribution < -0.4 is 0 Å². The van der Waals surface area contributed by atoms with Gasteiger partial charge in [0.2, 0.25) is 0 Å². The Morgan fingerprint density at radius 3 is 2.86 bits per heavy atom. The summed E-state index contributed by atoms with van der Waals surface area (Å²) in [6, 6.07) is 3.74. The molecule has 14 heavy (non-hydrogen) atoms. The molecule has 0 aliphatic rings. The van der Waals surface area contributed by atoms with E-state index in [0.717, 1.165) is 22.8 Å². The summed E-state index contributed by atoms with van der Waals surface area (Å²) < 4.78 is 5.92. The Morgan fingerprint density at radius 2 is 2.21 bits per heavy atom. The standard InChI is InChI=1S/C10H10N2OS/c1-6-9(8-4-3-5-13-8)11-7(2)12-10(6)14/h3-5H,1-2H3,(H,11,12,14). The minimum absolute atomic E-state index is 0.618. The number of nitrogens with one attached hydrogen (secondary N) is 1. The van der Waals surface area contributed by atoms with Crippen molar-refractivity contribution in [2.45, 2.75) is 13.8 Å². The van der Waals surface area contributed by atoms with Crippen LogP contribution in [0.4, 0.5) is 0 Å². The van der Waals surface area contributed by atoms with Crippen molar-refractivity contribution in [1.29, 1.82) is 0 Å². The molecule has 0 spiro atoms. The lowest BCUT2D eigenvalue weighted by atomic mass is 10.2. The first-order valence-electron chi connectivity index (χ1n) is 4.30. The molecule has 2 heterocycles. The number of H-pyrrole nitrogens is 1. The molecule has 0 aliphatic heterocycles. The molecule has 1 N–H and O–H groups in total. The minimum Gasteiger partial charge on any atom is -0.463 e. The lowest BCUT2D eigenvalue weighted by Gasteiger charge is -2.03. The van der Waals surface area contributed by atoms with E-state index in [1.165, 1.54) is 0 Å². The molecule has 0 aromatic carbocycles. The molecule has 0 aliphatic carbocycles. The fourth-order valence-corrected chi connectivity index (χ4v) is 1.55. The average molecular weight is 206 g/mol. The molecular formula is C10H10N2OS. The van der Waals surface area contributed by atoms with E-state index in [9.17, 15) is 0 Å². The zero-order chi connectivity index (χ0) is 10.1. The van der Waals surface area contributed by atoms with Crippen LogP contribution in [0.2, 0.25) is 0 Å². The van der Waals surface area contributed by atoms with E-state index < -0.39 is 0 Å². The predicted molar refractivity (Wildman–Crippen MR) is 56.6 cm³/mol. The fourth-order valence-electron chi connectivity index (χ4n) is 1.31. The van der Waals surface area contributed by atoms with Gasteiger partial charge in [0.05, 0.1) is 12.0 Å². The third kappa shape index (κ3) is 1.48. The first kappa shape index (κ1) is 9.15. The van der Waals surface area contributed by atoms with Crippen LogP contribution in [0.3, 0.4) is 0 Å². The van der Waals surface area contributed by atoms with Crippen molar-refractivity contribution in [3.8, 4) is 11.5 Å². The van der Waals surface area contributed by atoms with Crippen molar-refractivity contribution >= 4 is 12.2 Å². The summed E-state index contributed by atoms with van der Waals surface area (Å²) in [5.74, 6) is 1.59. The maximum Gasteiger partial charge on any atom is 0.150 e. The van der Waals surface area contributed by atoms with Crippen molar-refractivity contribution in [2.75, 3.05) is 0 Å². The van der Waals surface area contributed by atoms with Gasteiger partial charge in [-0.2, -0.15) is 0 Å². The zero-order valence-corrected chi connectivity index (χ0v) is 8.81. The van der Waals surface area contributed by atoms with Gasteiger partial charge in [0.1, 0.15) is 16.2 Å². The average Bonchev–Trinajstić information content (AvgIpc) is 2.63. The van der Waals surface area contributed by atoms with Crippen molar-refractivity contribution in [3.05, 3.63) is 34.4 Å². The first-order chi connectivity index (χ1) is 6.68. The molecule has 0 bridgehead atoms. The Labute approximate surface area is 86.8 Å². The van der Waals surface area contributed by atoms with Crippen LogP contribution in [0.5, 0.6) is 0 Å². The minimum atomic E-state index is 0.618. The Kier molecular flexibility index (Phi) is 2.21. The molecule has 0 radical (unpaired) electrons. The van der Waals surface area contributed by atoms with Crippen LogP contribution in [0.15, 0.2) is 22.8 Å². The zero-order valence-electron chi connectivity index (χ0n) is 8.00. The Morgan fingerprint density at radius 1 is 1.43 bits per heavy atom. The van der Waals surface area contributed by atoms with Crippen molar-refractivity contribution in [3.63, 3.8) is 0 Å². The van der Waals surface area contributed by atoms with E-state index in [2.05, 4.69) is 9.97 Å². The highest BCUT2D eigenvalue weighted by molar-refractivity contribution is 7.71. The molecule has 0 unspecified atom stereocenters. The Hall–Kier alpha value is -1.42. The maximum atomic E-state index is 5.31. The van der Waals surface area contributed by atoms with Gasteiger partial charge in [-0.3, -0.25) is 0 Å². The van der Waals surface area contributed by atoms with Gasteiger partial charge >= 0.3 is 0 Å². The van der Waals surface area contributed by atoms with Crippen molar-refractivity contribution < 1.29 is 4.42 Å². The van der Waals surface area contributed by atoms with Crippen LogP contribution in [0.25, 0.3) is 11.5 Å². The molecule has 2 aromatic rings. The van der Waals surface area contributed by atoms with E-state index in [1.54, 1.807) is 6.26 Å². The van der Waals surface area contributed by atoms with Crippen LogP contribution >= 0.6 is 12.2 Å². The molecule has 0 saturated heterocycles. The van der Waals surface area contributed by atoms with Crippen molar-refractivity contribution in [2.24, 2.45) is 0 Å². The first-order valence-corrected chi connectivity index (χ1v) is 4.70. The quantitative estimate of drug-likeness (QED) is 0.729. The van der Waals surface area contributed by atoms with Gasteiger partial charge < -0.3 is 9.40 Å². The number of furan rings is 1. The second kappa shape index (κ2) is 3.38. The smallest absolute Gasteiger partial charge is 0.150 e. The normalized spacial score (nSPS) is 10.4. The number of nitrogens with zero attached hydrogens (tertiary/aromatic N) is 1. The molecule has 2 rings (SSSR count). The molecule has 72 valence electrons. The van der Waals surface area contributed by atoms with Crippen LogP contribution in [-0.2, 0) is 0 Å². The van der Waals surface area contributed by atoms with Gasteiger partial charge in [0, 0.05) is 5.56 Å². The number of hydrogen-bond acceptors (Lipinski definition) is 3. The number of hydrogen-bond donors (Lipinski definition) is 1. The van der Waals surface area contributed by atoms with E-state index >= 15 is 0 Å². The molecule has 0 amide bonds. The number of aromatic nitrogens is 2. The van der Waals surface area contributed by atoms with E-state index in [0.29, 0.717) is 4.64 Å². The third-order valence-corrected chi connectivity index (χ3v) is 2.44. The second-order valence-corrected chi connectivity index (χ2v) is 3.49. The highest BCUT2D eigenvalue weighted by atomic mass is 32.1. The third-order valence-electron chi connectivity index (χ3n) is 2.04. The molecular weight excluding hydrogens is 196 g/mol. The van der Waals surface area contributed by atoms with Gasteiger partial charge in [-0.05, 0) is 26.0 Å².